The highest BCUT2D eigenvalue weighted by Crippen LogP contribution is 2.54. The van der Waals surface area contributed by atoms with E-state index in [1.54, 1.807) is 0 Å². The predicted molar refractivity (Wildman–Crippen MR) is 46.2 cm³/mol. The summed E-state index contributed by atoms with van der Waals surface area (Å²) in [5, 5.41) is 0.891. The Morgan fingerprint density at radius 2 is 2.30 bits per heavy atom. The van der Waals surface area contributed by atoms with Crippen molar-refractivity contribution in [3.05, 3.63) is 0 Å². The molecule has 0 aromatic heterocycles. The zero-order valence-electron chi connectivity index (χ0n) is 6.47. The first-order valence-corrected chi connectivity index (χ1v) is 5.15. The Labute approximate surface area is 66.7 Å². The van der Waals surface area contributed by atoms with E-state index in [0.717, 1.165) is 5.25 Å². The van der Waals surface area contributed by atoms with Crippen LogP contribution in [-0.2, 0) is 0 Å². The van der Waals surface area contributed by atoms with Gasteiger partial charge in [-0.3, -0.25) is 0 Å². The average molecular weight is 157 g/mol. The van der Waals surface area contributed by atoms with Crippen molar-refractivity contribution in [2.75, 3.05) is 5.75 Å². The molecular formula is C8H15NS. The standard InChI is InChI=1S/C8H15NS/c1-8(5-6(8)9)7-3-2-4-10-7/h6-7H,2-5,9H2,1H3/t6-,7?,8-/m0/s1. The van der Waals surface area contributed by atoms with E-state index in [0.29, 0.717) is 11.5 Å². The van der Waals surface area contributed by atoms with Gasteiger partial charge in [-0.15, -0.1) is 0 Å². The highest BCUT2D eigenvalue weighted by atomic mass is 32.2. The van der Waals surface area contributed by atoms with E-state index in [2.05, 4.69) is 18.7 Å². The van der Waals surface area contributed by atoms with Crippen LogP contribution in [0.25, 0.3) is 0 Å². The molecule has 0 spiro atoms. The zero-order chi connectivity index (χ0) is 7.19. The van der Waals surface area contributed by atoms with Gasteiger partial charge in [0.2, 0.25) is 0 Å². The largest absolute Gasteiger partial charge is 0.327 e. The van der Waals surface area contributed by atoms with E-state index in [1.807, 2.05) is 0 Å². The van der Waals surface area contributed by atoms with E-state index in [-0.39, 0.29) is 0 Å². The number of rotatable bonds is 1. The van der Waals surface area contributed by atoms with Crippen LogP contribution in [0.5, 0.6) is 0 Å². The van der Waals surface area contributed by atoms with Crippen molar-refractivity contribution in [3.63, 3.8) is 0 Å². The van der Waals surface area contributed by atoms with E-state index < -0.39 is 0 Å². The van der Waals surface area contributed by atoms with Gasteiger partial charge >= 0.3 is 0 Å². The van der Waals surface area contributed by atoms with Crippen LogP contribution < -0.4 is 5.73 Å². The van der Waals surface area contributed by atoms with Gasteiger partial charge in [0.1, 0.15) is 0 Å². The third kappa shape index (κ3) is 0.892. The summed E-state index contributed by atoms with van der Waals surface area (Å²) in [6, 6.07) is 0.517. The fourth-order valence-corrected chi connectivity index (χ4v) is 3.49. The minimum absolute atomic E-state index is 0.517. The molecule has 0 bridgehead atoms. The topological polar surface area (TPSA) is 26.0 Å². The van der Waals surface area contributed by atoms with Gasteiger partial charge in [-0.1, -0.05) is 6.92 Å². The van der Waals surface area contributed by atoms with Crippen LogP contribution in [0.3, 0.4) is 0 Å². The highest BCUT2D eigenvalue weighted by molar-refractivity contribution is 8.00. The second-order valence-electron chi connectivity index (χ2n) is 3.82. The van der Waals surface area contributed by atoms with Crippen molar-refractivity contribution >= 4 is 11.8 Å². The van der Waals surface area contributed by atoms with Crippen molar-refractivity contribution < 1.29 is 0 Å². The van der Waals surface area contributed by atoms with Gasteiger partial charge in [0.15, 0.2) is 0 Å². The Bertz CT molecular complexity index is 142. The van der Waals surface area contributed by atoms with Crippen LogP contribution in [0, 0.1) is 5.41 Å². The van der Waals surface area contributed by atoms with Gasteiger partial charge in [-0.25, -0.2) is 0 Å². The molecule has 1 aliphatic heterocycles. The Hall–Kier alpha value is 0.310. The summed E-state index contributed by atoms with van der Waals surface area (Å²) in [4.78, 5) is 0. The van der Waals surface area contributed by atoms with E-state index >= 15 is 0 Å². The molecule has 2 N–H and O–H groups in total. The van der Waals surface area contributed by atoms with Crippen LogP contribution in [0.4, 0.5) is 0 Å². The Morgan fingerprint density at radius 3 is 2.70 bits per heavy atom. The Kier molecular flexibility index (Phi) is 1.50. The predicted octanol–water partition coefficient (Wildman–Crippen LogP) is 1.62. The minimum Gasteiger partial charge on any atom is -0.327 e. The molecule has 2 heteroatoms. The zero-order valence-corrected chi connectivity index (χ0v) is 7.29. The second kappa shape index (κ2) is 2.15. The lowest BCUT2D eigenvalue weighted by atomic mass is 10.0. The summed E-state index contributed by atoms with van der Waals surface area (Å²) in [6.07, 6.45) is 4.09. The van der Waals surface area contributed by atoms with Crippen molar-refractivity contribution in [1.29, 1.82) is 0 Å². The molecule has 2 rings (SSSR count). The summed E-state index contributed by atoms with van der Waals surface area (Å²) >= 11 is 2.14. The number of nitrogens with two attached hydrogens (primary N) is 1. The maximum absolute atomic E-state index is 5.87. The number of thioether (sulfide) groups is 1. The van der Waals surface area contributed by atoms with Crippen molar-refractivity contribution in [1.82, 2.24) is 0 Å². The molecule has 1 saturated carbocycles. The molecule has 0 aromatic rings. The fraction of sp³-hybridized carbons (Fsp3) is 1.00. The third-order valence-corrected chi connectivity index (χ3v) is 4.71. The highest BCUT2D eigenvalue weighted by Gasteiger charge is 2.53. The lowest BCUT2D eigenvalue weighted by Gasteiger charge is -2.16. The molecule has 0 aromatic carbocycles. The lowest BCUT2D eigenvalue weighted by molar-refractivity contribution is 0.503. The summed E-state index contributed by atoms with van der Waals surface area (Å²) in [5.74, 6) is 1.37. The Morgan fingerprint density at radius 1 is 1.60 bits per heavy atom. The van der Waals surface area contributed by atoms with Crippen LogP contribution in [0.15, 0.2) is 0 Å². The molecule has 0 radical (unpaired) electrons. The molecular weight excluding hydrogens is 142 g/mol. The first kappa shape index (κ1) is 6.99. The van der Waals surface area contributed by atoms with Gasteiger partial charge in [0, 0.05) is 11.3 Å². The molecule has 10 heavy (non-hydrogen) atoms. The van der Waals surface area contributed by atoms with Gasteiger partial charge < -0.3 is 5.73 Å². The summed E-state index contributed by atoms with van der Waals surface area (Å²) in [7, 11) is 0. The average Bonchev–Trinajstić information content (AvgIpc) is 2.35. The molecule has 0 amide bonds. The maximum Gasteiger partial charge on any atom is 0.0116 e. The number of hydrogen-bond donors (Lipinski definition) is 1. The van der Waals surface area contributed by atoms with Crippen molar-refractivity contribution in [2.24, 2.45) is 11.1 Å². The van der Waals surface area contributed by atoms with Gasteiger partial charge in [-0.05, 0) is 30.4 Å². The maximum atomic E-state index is 5.87. The molecule has 58 valence electrons. The molecule has 3 atom stereocenters. The molecule has 1 saturated heterocycles. The molecule has 1 nitrogen and oxygen atoms in total. The van der Waals surface area contributed by atoms with Gasteiger partial charge in [0.05, 0.1) is 0 Å². The van der Waals surface area contributed by atoms with E-state index in [1.165, 1.54) is 25.0 Å². The van der Waals surface area contributed by atoms with Gasteiger partial charge in [0.25, 0.3) is 0 Å². The SMILES string of the molecule is C[C@]1(C2CCCS2)C[C@@H]1N. The summed E-state index contributed by atoms with van der Waals surface area (Å²) in [5.41, 5.74) is 6.40. The fourth-order valence-electron chi connectivity index (χ4n) is 1.88. The van der Waals surface area contributed by atoms with Crippen molar-refractivity contribution in [3.8, 4) is 0 Å². The quantitative estimate of drug-likeness (QED) is 0.626. The lowest BCUT2D eigenvalue weighted by Crippen LogP contribution is -2.20. The molecule has 2 fully saturated rings. The Balaban J connectivity index is 1.99. The molecule has 1 aliphatic carbocycles. The van der Waals surface area contributed by atoms with Crippen LogP contribution in [0.1, 0.15) is 26.2 Å². The third-order valence-electron chi connectivity index (χ3n) is 3.01. The first-order chi connectivity index (χ1) is 4.73. The minimum atomic E-state index is 0.517. The second-order valence-corrected chi connectivity index (χ2v) is 5.13. The van der Waals surface area contributed by atoms with E-state index in [4.69, 9.17) is 5.73 Å². The number of hydrogen-bond acceptors (Lipinski definition) is 2. The molecule has 1 unspecified atom stereocenters. The summed E-state index contributed by atoms with van der Waals surface area (Å²) < 4.78 is 0. The molecule has 1 heterocycles. The normalized spacial score (nSPS) is 53.4. The van der Waals surface area contributed by atoms with Gasteiger partial charge in [-0.2, -0.15) is 11.8 Å². The molecule has 2 aliphatic rings. The van der Waals surface area contributed by atoms with Crippen LogP contribution >= 0.6 is 11.8 Å². The van der Waals surface area contributed by atoms with Crippen LogP contribution in [-0.4, -0.2) is 17.0 Å². The summed E-state index contributed by atoms with van der Waals surface area (Å²) in [6.45, 7) is 2.35. The van der Waals surface area contributed by atoms with Crippen molar-refractivity contribution in [2.45, 2.75) is 37.5 Å². The monoisotopic (exact) mass is 157 g/mol. The van der Waals surface area contributed by atoms with E-state index in [9.17, 15) is 0 Å². The first-order valence-electron chi connectivity index (χ1n) is 4.11. The smallest absolute Gasteiger partial charge is 0.0116 e. The van der Waals surface area contributed by atoms with Crippen LogP contribution in [0.2, 0.25) is 0 Å².